The summed E-state index contributed by atoms with van der Waals surface area (Å²) in [5.74, 6) is 1.03. The van der Waals surface area contributed by atoms with E-state index in [1.807, 2.05) is 32.0 Å². The van der Waals surface area contributed by atoms with Crippen LogP contribution < -0.4 is 10.2 Å². The van der Waals surface area contributed by atoms with Crippen molar-refractivity contribution in [3.05, 3.63) is 23.9 Å². The van der Waals surface area contributed by atoms with Crippen LogP contribution in [0.3, 0.4) is 0 Å². The summed E-state index contributed by atoms with van der Waals surface area (Å²) in [5, 5.41) is 3.05. The maximum atomic E-state index is 11.7. The van der Waals surface area contributed by atoms with Gasteiger partial charge in [0.2, 0.25) is 5.91 Å². The highest BCUT2D eigenvalue weighted by molar-refractivity contribution is 5.77. The molecule has 1 fully saturated rings. The second-order valence-corrected chi connectivity index (χ2v) is 5.52. The Morgan fingerprint density at radius 2 is 2.19 bits per heavy atom. The van der Waals surface area contributed by atoms with Gasteiger partial charge in [0.15, 0.2) is 0 Å². The standard InChI is InChI=1S/C16H25N3O2/c1-3-11-21-12-16(20)18-14-7-9-19(10-8-14)15-6-4-5-13(2)17-15/h4-6,14H,3,7-12H2,1-2H3,(H,18,20). The lowest BCUT2D eigenvalue weighted by molar-refractivity contribution is -0.126. The smallest absolute Gasteiger partial charge is 0.246 e. The second-order valence-electron chi connectivity index (χ2n) is 5.52. The van der Waals surface area contributed by atoms with E-state index in [0.29, 0.717) is 6.61 Å². The number of carbonyl (C=O) groups is 1. The van der Waals surface area contributed by atoms with E-state index in [4.69, 9.17) is 4.74 Å². The molecule has 0 aliphatic carbocycles. The molecule has 5 heteroatoms. The third-order valence-corrected chi connectivity index (χ3v) is 3.64. The first-order chi connectivity index (χ1) is 10.2. The van der Waals surface area contributed by atoms with Crippen LogP contribution in [0, 0.1) is 6.92 Å². The molecule has 0 aromatic carbocycles. The van der Waals surface area contributed by atoms with E-state index in [0.717, 1.165) is 43.9 Å². The van der Waals surface area contributed by atoms with E-state index in [-0.39, 0.29) is 18.6 Å². The summed E-state index contributed by atoms with van der Waals surface area (Å²) in [5.41, 5.74) is 1.04. The largest absolute Gasteiger partial charge is 0.372 e. The van der Waals surface area contributed by atoms with Gasteiger partial charge in [0.05, 0.1) is 0 Å². The van der Waals surface area contributed by atoms with Crippen LogP contribution in [0.25, 0.3) is 0 Å². The topological polar surface area (TPSA) is 54.5 Å². The fourth-order valence-electron chi connectivity index (χ4n) is 2.54. The van der Waals surface area contributed by atoms with Gasteiger partial charge in [0.25, 0.3) is 0 Å². The summed E-state index contributed by atoms with van der Waals surface area (Å²) in [4.78, 5) is 18.6. The minimum atomic E-state index is -0.00409. The van der Waals surface area contributed by atoms with Gasteiger partial charge in [-0.3, -0.25) is 4.79 Å². The zero-order valence-corrected chi connectivity index (χ0v) is 13.0. The van der Waals surface area contributed by atoms with E-state index in [1.165, 1.54) is 0 Å². The summed E-state index contributed by atoms with van der Waals surface area (Å²) in [6, 6.07) is 6.34. The molecule has 1 aromatic heterocycles. The lowest BCUT2D eigenvalue weighted by Crippen LogP contribution is -2.45. The highest BCUT2D eigenvalue weighted by Crippen LogP contribution is 2.18. The highest BCUT2D eigenvalue weighted by atomic mass is 16.5. The maximum Gasteiger partial charge on any atom is 0.246 e. The molecule has 5 nitrogen and oxygen atoms in total. The molecule has 1 aliphatic rings. The molecule has 1 aliphatic heterocycles. The molecule has 116 valence electrons. The zero-order chi connectivity index (χ0) is 15.1. The Hall–Kier alpha value is -1.62. The summed E-state index contributed by atoms with van der Waals surface area (Å²) in [6.45, 7) is 6.71. The predicted molar refractivity (Wildman–Crippen MR) is 83.5 cm³/mol. The van der Waals surface area contributed by atoms with Crippen LogP contribution in [-0.4, -0.2) is 43.2 Å². The van der Waals surface area contributed by atoms with Crippen molar-refractivity contribution >= 4 is 11.7 Å². The average Bonchev–Trinajstić information content (AvgIpc) is 2.48. The minimum Gasteiger partial charge on any atom is -0.372 e. The minimum absolute atomic E-state index is 0.00409. The van der Waals surface area contributed by atoms with Gasteiger partial charge in [-0.1, -0.05) is 13.0 Å². The molecule has 0 bridgehead atoms. The third-order valence-electron chi connectivity index (χ3n) is 3.64. The van der Waals surface area contributed by atoms with E-state index in [9.17, 15) is 4.79 Å². The number of hydrogen-bond donors (Lipinski definition) is 1. The molecule has 2 heterocycles. The number of nitrogens with zero attached hydrogens (tertiary/aromatic N) is 2. The van der Waals surface area contributed by atoms with Crippen LogP contribution in [0.15, 0.2) is 18.2 Å². The summed E-state index contributed by atoms with van der Waals surface area (Å²) >= 11 is 0. The SMILES string of the molecule is CCCOCC(=O)NC1CCN(c2cccc(C)n2)CC1. The normalized spacial score (nSPS) is 16.0. The average molecular weight is 291 g/mol. The van der Waals surface area contributed by atoms with Crippen molar-refractivity contribution in [2.45, 2.75) is 39.2 Å². The number of aryl methyl sites for hydroxylation is 1. The predicted octanol–water partition coefficient (Wildman–Crippen LogP) is 1.90. The number of nitrogens with one attached hydrogen (secondary N) is 1. The Bertz CT molecular complexity index is 457. The van der Waals surface area contributed by atoms with E-state index in [2.05, 4.69) is 15.2 Å². The number of carbonyl (C=O) groups excluding carboxylic acids is 1. The van der Waals surface area contributed by atoms with Crippen LogP contribution in [0.4, 0.5) is 5.82 Å². The molecule has 0 atom stereocenters. The highest BCUT2D eigenvalue weighted by Gasteiger charge is 2.21. The molecule has 0 radical (unpaired) electrons. The lowest BCUT2D eigenvalue weighted by atomic mass is 10.0. The summed E-state index contributed by atoms with van der Waals surface area (Å²) in [7, 11) is 0. The molecule has 0 spiro atoms. The van der Waals surface area contributed by atoms with Crippen LogP contribution in [0.1, 0.15) is 31.9 Å². The lowest BCUT2D eigenvalue weighted by Gasteiger charge is -2.33. The van der Waals surface area contributed by atoms with Crippen LogP contribution >= 0.6 is 0 Å². The van der Waals surface area contributed by atoms with Gasteiger partial charge in [-0.15, -0.1) is 0 Å². The fourth-order valence-corrected chi connectivity index (χ4v) is 2.54. The number of piperidine rings is 1. The van der Waals surface area contributed by atoms with E-state index >= 15 is 0 Å². The number of hydrogen-bond acceptors (Lipinski definition) is 4. The Balaban J connectivity index is 1.74. The van der Waals surface area contributed by atoms with Crippen molar-refractivity contribution < 1.29 is 9.53 Å². The number of rotatable bonds is 6. The monoisotopic (exact) mass is 291 g/mol. The van der Waals surface area contributed by atoms with E-state index in [1.54, 1.807) is 0 Å². The molecule has 0 saturated carbocycles. The molecule has 0 unspecified atom stereocenters. The Labute approximate surface area is 126 Å². The molecule has 21 heavy (non-hydrogen) atoms. The maximum absolute atomic E-state index is 11.7. The quantitative estimate of drug-likeness (QED) is 0.813. The van der Waals surface area contributed by atoms with Gasteiger partial charge in [-0.2, -0.15) is 0 Å². The number of ether oxygens (including phenoxy) is 1. The molecular formula is C16H25N3O2. The van der Waals surface area contributed by atoms with Gasteiger partial charge in [0, 0.05) is 31.4 Å². The zero-order valence-electron chi connectivity index (χ0n) is 13.0. The van der Waals surface area contributed by atoms with Crippen LogP contribution in [0.2, 0.25) is 0 Å². The number of amides is 1. The fraction of sp³-hybridized carbons (Fsp3) is 0.625. The van der Waals surface area contributed by atoms with Gasteiger partial charge >= 0.3 is 0 Å². The first kappa shape index (κ1) is 15.8. The number of anilines is 1. The van der Waals surface area contributed by atoms with Crippen molar-refractivity contribution in [2.75, 3.05) is 31.2 Å². The summed E-state index contributed by atoms with van der Waals surface area (Å²) < 4.78 is 5.26. The Morgan fingerprint density at radius 3 is 2.86 bits per heavy atom. The van der Waals surface area contributed by atoms with Gasteiger partial charge < -0.3 is 15.0 Å². The van der Waals surface area contributed by atoms with Crippen LogP contribution in [0.5, 0.6) is 0 Å². The number of pyridine rings is 1. The molecule has 1 N–H and O–H groups in total. The molecule has 2 rings (SSSR count). The first-order valence-corrected chi connectivity index (χ1v) is 7.74. The van der Waals surface area contributed by atoms with Crippen molar-refractivity contribution in [2.24, 2.45) is 0 Å². The van der Waals surface area contributed by atoms with Gasteiger partial charge in [-0.05, 0) is 38.3 Å². The second kappa shape index (κ2) is 7.98. The molecule has 1 amide bonds. The Morgan fingerprint density at radius 1 is 1.43 bits per heavy atom. The molecule has 1 aromatic rings. The number of aromatic nitrogens is 1. The van der Waals surface area contributed by atoms with Gasteiger partial charge in [-0.25, -0.2) is 4.98 Å². The van der Waals surface area contributed by atoms with Crippen LogP contribution in [-0.2, 0) is 9.53 Å². The van der Waals surface area contributed by atoms with Crippen molar-refractivity contribution in [1.29, 1.82) is 0 Å². The third kappa shape index (κ3) is 5.01. The van der Waals surface area contributed by atoms with Crippen molar-refractivity contribution in [3.8, 4) is 0 Å². The first-order valence-electron chi connectivity index (χ1n) is 7.74. The molecule has 1 saturated heterocycles. The Kier molecular flexibility index (Phi) is 5.99. The summed E-state index contributed by atoms with van der Waals surface area (Å²) in [6.07, 6.45) is 2.85. The van der Waals surface area contributed by atoms with Crippen molar-refractivity contribution in [1.82, 2.24) is 10.3 Å². The van der Waals surface area contributed by atoms with Gasteiger partial charge in [0.1, 0.15) is 12.4 Å². The van der Waals surface area contributed by atoms with E-state index < -0.39 is 0 Å². The van der Waals surface area contributed by atoms with Crippen molar-refractivity contribution in [3.63, 3.8) is 0 Å². The molecular weight excluding hydrogens is 266 g/mol.